The highest BCUT2D eigenvalue weighted by atomic mass is 32.2. The molecule has 0 aliphatic heterocycles. The van der Waals surface area contributed by atoms with E-state index >= 15 is 0 Å². The van der Waals surface area contributed by atoms with Gasteiger partial charge in [-0.3, -0.25) is 4.72 Å². The first-order valence-corrected chi connectivity index (χ1v) is 10.8. The molecule has 4 nitrogen and oxygen atoms in total. The van der Waals surface area contributed by atoms with Gasteiger partial charge >= 0.3 is 0 Å². The fraction of sp³-hybridized carbons (Fsp3) is 0. The zero-order valence-electron chi connectivity index (χ0n) is 15.5. The molecule has 5 heteroatoms. The number of rotatable bonds is 4. The lowest BCUT2D eigenvalue weighted by Gasteiger charge is -2.13. The number of fused-ring (bicyclic) bond motifs is 2. The molecule has 5 rings (SSSR count). The fourth-order valence-corrected chi connectivity index (χ4v) is 4.97. The molecular formula is C24H18N2O2S. The molecule has 142 valence electrons. The van der Waals surface area contributed by atoms with Crippen molar-refractivity contribution in [2.45, 2.75) is 4.90 Å². The first-order valence-electron chi connectivity index (χ1n) is 9.29. The predicted molar refractivity (Wildman–Crippen MR) is 118 cm³/mol. The van der Waals surface area contributed by atoms with Crippen LogP contribution in [-0.2, 0) is 10.0 Å². The molecule has 0 aliphatic carbocycles. The van der Waals surface area contributed by atoms with Gasteiger partial charge in [-0.15, -0.1) is 0 Å². The summed E-state index contributed by atoms with van der Waals surface area (Å²) >= 11 is 0. The van der Waals surface area contributed by atoms with Crippen LogP contribution in [0.1, 0.15) is 0 Å². The Hall–Kier alpha value is -3.57. The fourth-order valence-electron chi connectivity index (χ4n) is 3.66. The number of benzene rings is 4. The average molecular weight is 398 g/mol. The van der Waals surface area contributed by atoms with Gasteiger partial charge in [0.2, 0.25) is 0 Å². The van der Waals surface area contributed by atoms with Crippen LogP contribution in [0.2, 0.25) is 0 Å². The monoisotopic (exact) mass is 398 g/mol. The number of H-pyrrole nitrogens is 1. The topological polar surface area (TPSA) is 62.0 Å². The third kappa shape index (κ3) is 3.15. The molecule has 0 radical (unpaired) electrons. The van der Waals surface area contributed by atoms with Gasteiger partial charge in [-0.1, -0.05) is 72.8 Å². The lowest BCUT2D eigenvalue weighted by molar-refractivity contribution is 0.602. The van der Waals surface area contributed by atoms with Gasteiger partial charge in [0.25, 0.3) is 10.0 Å². The van der Waals surface area contributed by atoms with Crippen LogP contribution in [-0.4, -0.2) is 13.4 Å². The van der Waals surface area contributed by atoms with E-state index < -0.39 is 10.0 Å². The van der Waals surface area contributed by atoms with E-state index in [0.29, 0.717) is 11.1 Å². The molecule has 1 aromatic heterocycles. The molecule has 1 heterocycles. The first kappa shape index (κ1) is 17.5. The van der Waals surface area contributed by atoms with Gasteiger partial charge < -0.3 is 4.98 Å². The third-order valence-electron chi connectivity index (χ3n) is 5.03. The van der Waals surface area contributed by atoms with Crippen molar-refractivity contribution in [2.75, 3.05) is 4.72 Å². The van der Waals surface area contributed by atoms with Gasteiger partial charge in [0.1, 0.15) is 0 Å². The molecule has 0 bridgehead atoms. The van der Waals surface area contributed by atoms with Crippen LogP contribution in [0.25, 0.3) is 32.9 Å². The minimum atomic E-state index is -3.76. The van der Waals surface area contributed by atoms with E-state index in [4.69, 9.17) is 0 Å². The smallest absolute Gasteiger partial charge is 0.262 e. The Kier molecular flexibility index (Phi) is 4.11. The van der Waals surface area contributed by atoms with Crippen LogP contribution in [0.4, 0.5) is 5.69 Å². The van der Waals surface area contributed by atoms with Crippen LogP contribution in [0.5, 0.6) is 0 Å². The van der Waals surface area contributed by atoms with E-state index in [2.05, 4.69) is 9.71 Å². The number of nitrogens with one attached hydrogen (secondary N) is 2. The van der Waals surface area contributed by atoms with Crippen molar-refractivity contribution in [3.05, 3.63) is 97.1 Å². The summed E-state index contributed by atoms with van der Waals surface area (Å²) in [7, 11) is -3.76. The minimum Gasteiger partial charge on any atom is -0.354 e. The molecule has 5 aromatic rings. The van der Waals surface area contributed by atoms with Crippen LogP contribution in [0.15, 0.2) is 102 Å². The summed E-state index contributed by atoms with van der Waals surface area (Å²) in [6, 6.07) is 30.2. The highest BCUT2D eigenvalue weighted by Crippen LogP contribution is 2.32. The number of aromatic nitrogens is 1. The zero-order valence-corrected chi connectivity index (χ0v) is 16.3. The van der Waals surface area contributed by atoms with Crippen molar-refractivity contribution < 1.29 is 8.42 Å². The number of anilines is 1. The molecule has 0 unspecified atom stereocenters. The highest BCUT2D eigenvalue weighted by molar-refractivity contribution is 7.93. The van der Waals surface area contributed by atoms with Crippen molar-refractivity contribution in [3.8, 4) is 11.3 Å². The van der Waals surface area contributed by atoms with Crippen LogP contribution in [0, 0.1) is 0 Å². The maximum Gasteiger partial charge on any atom is 0.262 e. The average Bonchev–Trinajstić information content (AvgIpc) is 3.17. The van der Waals surface area contributed by atoms with Gasteiger partial charge in [0.15, 0.2) is 0 Å². The number of sulfonamides is 1. The Bertz CT molecular complexity index is 1410. The minimum absolute atomic E-state index is 0.266. The summed E-state index contributed by atoms with van der Waals surface area (Å²) in [4.78, 5) is 3.64. The summed E-state index contributed by atoms with van der Waals surface area (Å²) in [5.74, 6) is 0. The zero-order chi connectivity index (χ0) is 19.8. The molecule has 4 aromatic carbocycles. The van der Waals surface area contributed by atoms with E-state index in [1.54, 1.807) is 18.2 Å². The second kappa shape index (κ2) is 6.79. The highest BCUT2D eigenvalue weighted by Gasteiger charge is 2.19. The van der Waals surface area contributed by atoms with Crippen molar-refractivity contribution in [1.82, 2.24) is 4.98 Å². The molecule has 0 saturated carbocycles. The quantitative estimate of drug-likeness (QED) is 0.402. The normalized spacial score (nSPS) is 11.7. The SMILES string of the molecule is O=S(=O)(Nc1ccccc1-c1cc2ccccc2[nH]1)c1cccc2ccccc12. The second-order valence-corrected chi connectivity index (χ2v) is 8.55. The first-order chi connectivity index (χ1) is 14.1. The molecule has 0 spiro atoms. The van der Waals surface area contributed by atoms with Gasteiger partial charge in [0.05, 0.1) is 10.6 Å². The molecule has 0 fully saturated rings. The predicted octanol–water partition coefficient (Wildman–Crippen LogP) is 5.79. The Labute approximate surface area is 168 Å². The maximum atomic E-state index is 13.2. The Morgan fingerprint density at radius 2 is 1.38 bits per heavy atom. The van der Waals surface area contributed by atoms with Crippen LogP contribution in [0.3, 0.4) is 0 Å². The molecule has 29 heavy (non-hydrogen) atoms. The van der Waals surface area contributed by atoms with E-state index in [0.717, 1.165) is 27.5 Å². The Morgan fingerprint density at radius 3 is 2.24 bits per heavy atom. The standard InChI is InChI=1S/C24H18N2O2S/c27-29(28,24-15-7-10-17-8-1-3-11-19(17)24)26-22-14-6-4-12-20(22)23-16-18-9-2-5-13-21(18)25-23/h1-16,25-26H. The summed E-state index contributed by atoms with van der Waals surface area (Å²) in [6.45, 7) is 0. The van der Waals surface area contributed by atoms with Gasteiger partial charge in [-0.25, -0.2) is 8.42 Å². The molecule has 0 amide bonds. The van der Waals surface area contributed by atoms with E-state index in [1.165, 1.54) is 0 Å². The molecule has 0 atom stereocenters. The van der Waals surface area contributed by atoms with E-state index in [1.807, 2.05) is 78.9 Å². The van der Waals surface area contributed by atoms with Crippen molar-refractivity contribution in [2.24, 2.45) is 0 Å². The van der Waals surface area contributed by atoms with Crippen molar-refractivity contribution in [1.29, 1.82) is 0 Å². The second-order valence-electron chi connectivity index (χ2n) is 6.90. The summed E-state index contributed by atoms with van der Waals surface area (Å²) in [6.07, 6.45) is 0. The Morgan fingerprint density at radius 1 is 0.690 bits per heavy atom. The largest absolute Gasteiger partial charge is 0.354 e. The molecule has 0 saturated heterocycles. The van der Waals surface area contributed by atoms with E-state index in [-0.39, 0.29) is 4.90 Å². The van der Waals surface area contributed by atoms with Crippen LogP contribution >= 0.6 is 0 Å². The third-order valence-corrected chi connectivity index (χ3v) is 6.45. The van der Waals surface area contributed by atoms with E-state index in [9.17, 15) is 8.42 Å². The lowest BCUT2D eigenvalue weighted by Crippen LogP contribution is -2.14. The lowest BCUT2D eigenvalue weighted by atomic mass is 10.1. The summed E-state index contributed by atoms with van der Waals surface area (Å²) in [5.41, 5.74) is 3.20. The van der Waals surface area contributed by atoms with Gasteiger partial charge in [-0.2, -0.15) is 0 Å². The number of hydrogen-bond donors (Lipinski definition) is 2. The molecule has 2 N–H and O–H groups in total. The number of aromatic amines is 1. The Balaban J connectivity index is 1.60. The summed E-state index contributed by atoms with van der Waals surface area (Å²) in [5, 5.41) is 2.67. The molecular weight excluding hydrogens is 380 g/mol. The number of para-hydroxylation sites is 2. The van der Waals surface area contributed by atoms with Crippen LogP contribution < -0.4 is 4.72 Å². The van der Waals surface area contributed by atoms with Gasteiger partial charge in [-0.05, 0) is 29.7 Å². The van der Waals surface area contributed by atoms with Crippen molar-refractivity contribution >= 4 is 37.4 Å². The summed E-state index contributed by atoms with van der Waals surface area (Å²) < 4.78 is 29.3. The maximum absolute atomic E-state index is 13.2. The number of hydrogen-bond acceptors (Lipinski definition) is 2. The van der Waals surface area contributed by atoms with Crippen molar-refractivity contribution in [3.63, 3.8) is 0 Å². The van der Waals surface area contributed by atoms with Gasteiger partial charge in [0, 0.05) is 27.5 Å². The molecule has 0 aliphatic rings.